The molecular formula is C59H77F6N15O6. The summed E-state index contributed by atoms with van der Waals surface area (Å²) in [7, 11) is 3.73. The van der Waals surface area contributed by atoms with Crippen LogP contribution in [-0.2, 0) is 31.3 Å². The molecule has 8 heterocycles. The number of ether oxygens (including phenoxy) is 4. The molecule has 21 nitrogen and oxygen atoms in total. The lowest BCUT2D eigenvalue weighted by molar-refractivity contribution is -0.139. The Hall–Kier alpha value is -7.81. The molecule has 2 aromatic carbocycles. The molecule has 0 saturated carbocycles. The van der Waals surface area contributed by atoms with Crippen LogP contribution in [0.2, 0.25) is 0 Å². The summed E-state index contributed by atoms with van der Waals surface area (Å²) in [5, 5.41) is 16.1. The number of imidazole rings is 2. The van der Waals surface area contributed by atoms with Crippen LogP contribution in [-0.4, -0.2) is 167 Å². The number of alkyl halides is 6. The molecule has 4 N–H and O–H groups in total. The molecule has 0 bridgehead atoms. The molecule has 4 aliphatic rings. The van der Waals surface area contributed by atoms with Crippen LogP contribution in [0.4, 0.5) is 82.0 Å². The molecule has 0 unspecified atom stereocenters. The first kappa shape index (κ1) is 62.7. The van der Waals surface area contributed by atoms with Gasteiger partial charge in [-0.15, -0.1) is 10.2 Å². The summed E-state index contributed by atoms with van der Waals surface area (Å²) in [5.74, 6) is 1.31. The third kappa shape index (κ3) is 14.7. The van der Waals surface area contributed by atoms with Gasteiger partial charge in [0.2, 0.25) is 0 Å². The fourth-order valence-corrected chi connectivity index (χ4v) is 11.0. The monoisotopic (exact) mass is 1210 g/mol. The van der Waals surface area contributed by atoms with E-state index >= 15 is 0 Å². The molecule has 4 aliphatic heterocycles. The van der Waals surface area contributed by atoms with Crippen LogP contribution >= 0.6 is 0 Å². The van der Waals surface area contributed by atoms with Gasteiger partial charge in [-0.05, 0) is 128 Å². The molecule has 0 aliphatic carbocycles. The zero-order chi connectivity index (χ0) is 62.0. The number of aromatic nitrogens is 6. The topological polar surface area (TPSA) is 210 Å². The lowest BCUT2D eigenvalue weighted by Crippen LogP contribution is -2.41. The van der Waals surface area contributed by atoms with E-state index < -0.39 is 58.7 Å². The van der Waals surface area contributed by atoms with E-state index in [2.05, 4.69) is 25.5 Å². The van der Waals surface area contributed by atoms with Gasteiger partial charge in [-0.3, -0.25) is 0 Å². The minimum Gasteiger partial charge on any atom is -0.444 e. The van der Waals surface area contributed by atoms with E-state index in [1.54, 1.807) is 98.8 Å². The van der Waals surface area contributed by atoms with Crippen LogP contribution in [0.15, 0.2) is 53.5 Å². The van der Waals surface area contributed by atoms with Crippen molar-refractivity contribution in [2.24, 2.45) is 4.99 Å². The van der Waals surface area contributed by atoms with Crippen molar-refractivity contribution < 1.29 is 54.9 Å². The van der Waals surface area contributed by atoms with Crippen LogP contribution in [0.5, 0.6) is 0 Å². The number of carbonyl (C=O) groups is 2. The Morgan fingerprint density at radius 3 is 1.42 bits per heavy atom. The Bertz CT molecular complexity index is 3420. The second-order valence-corrected chi connectivity index (χ2v) is 24.1. The Morgan fingerprint density at radius 2 is 1.02 bits per heavy atom. The van der Waals surface area contributed by atoms with Crippen LogP contribution < -0.4 is 26.2 Å². The number of fused-ring (bicyclic) bond motifs is 2. The summed E-state index contributed by atoms with van der Waals surface area (Å²) in [6, 6.07) is 11.9. The standard InChI is InChI=1S/C31H41F3N8O3.C28H36F3N7O3/c1-20-27(42-28(36-20)24(35-19-39(5)6)18-25(38-42)40-14-16-44-17-15-40)37-23-9-7-8-22(31(32,33)34)26(23)21-10-12-41(13-11-21)29(43)45-30(2,3)4;1-17-24(38-25(33-17)20(32)16-22(35-38)36-12-14-40-15-13-36)34-21-7-5-6-19(28(29,30)31)23(21)18-8-10-37(11-9-18)26(39)41-27(2,3)4/h7-9,18-19,21,37H,10-17H2,1-6H3;5-7,16,18,34H,8-15,32H2,1-4H3. The third-order valence-corrected chi connectivity index (χ3v) is 15.0. The van der Waals surface area contributed by atoms with Gasteiger partial charge in [0.25, 0.3) is 0 Å². The van der Waals surface area contributed by atoms with E-state index in [1.807, 2.05) is 30.0 Å². The third-order valence-electron chi connectivity index (χ3n) is 15.0. The molecule has 4 fully saturated rings. The summed E-state index contributed by atoms with van der Waals surface area (Å²) >= 11 is 0. The second kappa shape index (κ2) is 25.3. The van der Waals surface area contributed by atoms with Gasteiger partial charge in [-0.25, -0.2) is 24.5 Å². The summed E-state index contributed by atoms with van der Waals surface area (Å²) in [4.78, 5) is 48.2. The van der Waals surface area contributed by atoms with Crippen molar-refractivity contribution in [3.8, 4) is 0 Å². The predicted molar refractivity (Wildman–Crippen MR) is 317 cm³/mol. The van der Waals surface area contributed by atoms with Gasteiger partial charge >= 0.3 is 24.5 Å². The average molecular weight is 1210 g/mol. The van der Waals surface area contributed by atoms with Crippen molar-refractivity contribution in [1.82, 2.24) is 43.9 Å². The van der Waals surface area contributed by atoms with E-state index in [1.165, 1.54) is 12.1 Å². The summed E-state index contributed by atoms with van der Waals surface area (Å²) in [6.07, 6.45) is -6.94. The normalized spacial score (nSPS) is 17.1. The molecular weight excluding hydrogens is 1130 g/mol. The van der Waals surface area contributed by atoms with Gasteiger partial charge in [-0.1, -0.05) is 12.1 Å². The first-order valence-corrected chi connectivity index (χ1v) is 28.8. The summed E-state index contributed by atoms with van der Waals surface area (Å²) in [5.41, 5.74) is 7.59. The highest BCUT2D eigenvalue weighted by Gasteiger charge is 2.41. The number of hydrogen-bond donors (Lipinski definition) is 3. The van der Waals surface area contributed by atoms with E-state index in [0.29, 0.717) is 160 Å². The highest BCUT2D eigenvalue weighted by molar-refractivity contribution is 5.78. The van der Waals surface area contributed by atoms with Gasteiger partial charge in [0, 0.05) is 90.0 Å². The molecule has 4 saturated heterocycles. The first-order chi connectivity index (χ1) is 40.5. The number of aliphatic imine (C=N–C) groups is 1. The molecule has 6 aromatic rings. The average Bonchev–Trinajstić information content (AvgIpc) is 2.22. The maximum Gasteiger partial charge on any atom is 0.416 e. The molecule has 10 rings (SSSR count). The minimum atomic E-state index is -4.57. The Labute approximate surface area is 495 Å². The molecule has 86 heavy (non-hydrogen) atoms. The van der Waals surface area contributed by atoms with Crippen molar-refractivity contribution in [1.29, 1.82) is 0 Å². The number of piperidine rings is 2. The van der Waals surface area contributed by atoms with Crippen molar-refractivity contribution in [3.63, 3.8) is 0 Å². The molecule has 4 aromatic heterocycles. The second-order valence-electron chi connectivity index (χ2n) is 24.1. The number of anilines is 7. The Balaban J connectivity index is 0.000000206. The molecule has 466 valence electrons. The SMILES string of the molecule is Cc1nc2c(N)cc(N3CCOCC3)nn2c1Nc1cccc(C(F)(F)F)c1C1CCN(C(=O)OC(C)(C)C)CC1.Cc1nc2c(N=CN(C)C)cc(N3CCOCC3)nn2c1Nc1cccc(C(F)(F)F)c1C1CCN(C(=O)OC(C)(C)C)CC1. The van der Waals surface area contributed by atoms with E-state index in [4.69, 9.17) is 39.9 Å². The number of likely N-dealkylation sites (tertiary alicyclic amines) is 2. The highest BCUT2D eigenvalue weighted by atomic mass is 19.4. The molecule has 2 amide bonds. The summed E-state index contributed by atoms with van der Waals surface area (Å²) in [6.45, 7) is 20.2. The fraction of sp³-hybridized carbons (Fsp3) is 0.542. The van der Waals surface area contributed by atoms with Crippen LogP contribution in [0.25, 0.3) is 11.3 Å². The maximum absolute atomic E-state index is 14.5. The number of nitrogens with zero attached hydrogens (tertiary/aromatic N) is 12. The van der Waals surface area contributed by atoms with Crippen molar-refractivity contribution in [3.05, 3.63) is 82.2 Å². The van der Waals surface area contributed by atoms with E-state index in [-0.39, 0.29) is 24.2 Å². The largest absolute Gasteiger partial charge is 0.444 e. The number of nitrogens with two attached hydrogens (primary N) is 1. The first-order valence-electron chi connectivity index (χ1n) is 28.8. The van der Waals surface area contributed by atoms with Crippen molar-refractivity contribution in [2.75, 3.05) is 119 Å². The lowest BCUT2D eigenvalue weighted by Gasteiger charge is -2.35. The van der Waals surface area contributed by atoms with Gasteiger partial charge in [0.1, 0.15) is 16.9 Å². The van der Waals surface area contributed by atoms with Crippen LogP contribution in [0, 0.1) is 13.8 Å². The number of benzene rings is 2. The number of morpholine rings is 2. The van der Waals surface area contributed by atoms with Crippen LogP contribution in [0.3, 0.4) is 0 Å². The predicted octanol–water partition coefficient (Wildman–Crippen LogP) is 11.3. The zero-order valence-electron chi connectivity index (χ0n) is 50.3. The van der Waals surface area contributed by atoms with E-state index in [9.17, 15) is 35.9 Å². The van der Waals surface area contributed by atoms with Gasteiger partial charge in [0.15, 0.2) is 34.6 Å². The number of amides is 2. The molecule has 27 heteroatoms. The molecule has 0 atom stereocenters. The molecule has 0 spiro atoms. The van der Waals surface area contributed by atoms with Gasteiger partial charge in [-0.2, -0.15) is 35.4 Å². The van der Waals surface area contributed by atoms with Crippen molar-refractivity contribution in [2.45, 2.75) is 116 Å². The number of nitrogens with one attached hydrogen (secondary N) is 2. The lowest BCUT2D eigenvalue weighted by atomic mass is 9.85. The number of nitrogen functional groups attached to an aromatic ring is 1. The smallest absolute Gasteiger partial charge is 0.416 e. The van der Waals surface area contributed by atoms with Crippen molar-refractivity contribution >= 4 is 75.8 Å². The number of halogens is 6. The molecule has 0 radical (unpaired) electrons. The Kier molecular flexibility index (Phi) is 18.4. The number of hydrogen-bond acceptors (Lipinski definition) is 16. The zero-order valence-corrected chi connectivity index (χ0v) is 50.3. The number of carbonyl (C=O) groups excluding carboxylic acids is 2. The fourth-order valence-electron chi connectivity index (χ4n) is 11.0. The van der Waals surface area contributed by atoms with E-state index in [0.717, 1.165) is 12.1 Å². The quantitative estimate of drug-likeness (QED) is 0.0661. The number of rotatable bonds is 10. The highest BCUT2D eigenvalue weighted by Crippen LogP contribution is 2.46. The Morgan fingerprint density at radius 1 is 0.628 bits per heavy atom. The number of aryl methyl sites for hydroxylation is 2. The van der Waals surface area contributed by atoms with Gasteiger partial charge < -0.3 is 59.8 Å². The van der Waals surface area contributed by atoms with Gasteiger partial charge in [0.05, 0.1) is 61.0 Å². The van der Waals surface area contributed by atoms with Crippen LogP contribution in [0.1, 0.15) is 113 Å². The minimum absolute atomic E-state index is 0.162. The maximum atomic E-state index is 14.5. The summed E-state index contributed by atoms with van der Waals surface area (Å²) < 4.78 is 111.